The molecule has 0 aliphatic rings. The van der Waals surface area contributed by atoms with Crippen LogP contribution in [0.4, 0.5) is 10.1 Å². The summed E-state index contributed by atoms with van der Waals surface area (Å²) in [7, 11) is 0. The molecular formula is C16H16FNO2. The van der Waals surface area contributed by atoms with Crippen LogP contribution in [0.3, 0.4) is 0 Å². The fourth-order valence-electron chi connectivity index (χ4n) is 1.95. The van der Waals surface area contributed by atoms with Crippen molar-refractivity contribution in [3.63, 3.8) is 0 Å². The lowest BCUT2D eigenvalue weighted by atomic mass is 10.1. The summed E-state index contributed by atoms with van der Waals surface area (Å²) in [5, 5.41) is 12.1. The molecule has 0 bridgehead atoms. The Kier molecular flexibility index (Phi) is 4.03. The van der Waals surface area contributed by atoms with Gasteiger partial charge in [0.15, 0.2) is 0 Å². The number of hydrogen-bond donors (Lipinski definition) is 2. The number of carboxylic acids is 1. The second kappa shape index (κ2) is 5.74. The third-order valence-electron chi connectivity index (χ3n) is 3.19. The number of halogens is 1. The van der Waals surface area contributed by atoms with Crippen molar-refractivity contribution < 1.29 is 14.3 Å². The predicted molar refractivity (Wildman–Crippen MR) is 76.6 cm³/mol. The van der Waals surface area contributed by atoms with Gasteiger partial charge in [0.05, 0.1) is 5.56 Å². The molecule has 0 spiro atoms. The zero-order chi connectivity index (χ0) is 14.7. The van der Waals surface area contributed by atoms with Crippen molar-refractivity contribution in [3.05, 3.63) is 65.0 Å². The lowest BCUT2D eigenvalue weighted by molar-refractivity contribution is 0.0697. The minimum atomic E-state index is -0.970. The molecule has 2 aromatic rings. The van der Waals surface area contributed by atoms with E-state index in [0.29, 0.717) is 11.3 Å². The second-order valence-corrected chi connectivity index (χ2v) is 4.76. The minimum Gasteiger partial charge on any atom is -0.478 e. The van der Waals surface area contributed by atoms with Gasteiger partial charge < -0.3 is 10.4 Å². The molecule has 0 saturated heterocycles. The molecule has 1 unspecified atom stereocenters. The van der Waals surface area contributed by atoms with E-state index in [1.807, 2.05) is 13.0 Å². The standard InChI is InChI=1S/C16H16FNO2/c1-10-6-7-12(9-15(10)17)11(2)18-14-5-3-4-13(8-14)16(19)20/h3-9,11,18H,1-2H3,(H,19,20). The van der Waals surface area contributed by atoms with Gasteiger partial charge in [-0.1, -0.05) is 18.2 Å². The fourth-order valence-corrected chi connectivity index (χ4v) is 1.95. The summed E-state index contributed by atoms with van der Waals surface area (Å²) in [6.45, 7) is 3.62. The van der Waals surface area contributed by atoms with Crippen LogP contribution < -0.4 is 5.32 Å². The van der Waals surface area contributed by atoms with Gasteiger partial charge in [0.25, 0.3) is 0 Å². The van der Waals surface area contributed by atoms with Gasteiger partial charge in [-0.25, -0.2) is 9.18 Å². The Morgan fingerprint density at radius 2 is 2.00 bits per heavy atom. The number of carboxylic acid groups (broad SMARTS) is 1. The van der Waals surface area contributed by atoms with E-state index in [9.17, 15) is 9.18 Å². The summed E-state index contributed by atoms with van der Waals surface area (Å²) in [6, 6.07) is 11.5. The quantitative estimate of drug-likeness (QED) is 0.885. The molecule has 0 fully saturated rings. The first-order valence-electron chi connectivity index (χ1n) is 6.33. The van der Waals surface area contributed by atoms with Gasteiger partial charge in [0.2, 0.25) is 0 Å². The van der Waals surface area contributed by atoms with Gasteiger partial charge in [0.1, 0.15) is 5.82 Å². The van der Waals surface area contributed by atoms with Crippen LogP contribution in [-0.4, -0.2) is 11.1 Å². The molecule has 0 heterocycles. The Balaban J connectivity index is 2.18. The maximum Gasteiger partial charge on any atom is 0.335 e. The third-order valence-corrected chi connectivity index (χ3v) is 3.19. The number of aromatic carboxylic acids is 1. The van der Waals surface area contributed by atoms with E-state index in [0.717, 1.165) is 5.56 Å². The average molecular weight is 273 g/mol. The molecule has 4 heteroatoms. The van der Waals surface area contributed by atoms with Crippen molar-refractivity contribution in [3.8, 4) is 0 Å². The maximum absolute atomic E-state index is 13.5. The normalized spacial score (nSPS) is 11.9. The van der Waals surface area contributed by atoms with E-state index in [1.165, 1.54) is 12.1 Å². The summed E-state index contributed by atoms with van der Waals surface area (Å²) in [5.74, 6) is -1.21. The predicted octanol–water partition coefficient (Wildman–Crippen LogP) is 4.01. The molecule has 3 nitrogen and oxygen atoms in total. The van der Waals surface area contributed by atoms with Crippen LogP contribution in [0.25, 0.3) is 0 Å². The van der Waals surface area contributed by atoms with Crippen LogP contribution in [-0.2, 0) is 0 Å². The summed E-state index contributed by atoms with van der Waals surface area (Å²) in [6.07, 6.45) is 0. The first kappa shape index (κ1) is 14.1. The summed E-state index contributed by atoms with van der Waals surface area (Å²) >= 11 is 0. The zero-order valence-electron chi connectivity index (χ0n) is 11.4. The van der Waals surface area contributed by atoms with Crippen molar-refractivity contribution in [1.29, 1.82) is 0 Å². The topological polar surface area (TPSA) is 49.3 Å². The van der Waals surface area contributed by atoms with E-state index in [4.69, 9.17) is 5.11 Å². The lowest BCUT2D eigenvalue weighted by Gasteiger charge is -2.16. The van der Waals surface area contributed by atoms with Gasteiger partial charge in [-0.2, -0.15) is 0 Å². The third kappa shape index (κ3) is 3.15. The van der Waals surface area contributed by atoms with Crippen LogP contribution in [0.5, 0.6) is 0 Å². The van der Waals surface area contributed by atoms with Crippen molar-refractivity contribution in [2.45, 2.75) is 19.9 Å². The molecule has 0 amide bonds. The number of nitrogens with one attached hydrogen (secondary N) is 1. The summed E-state index contributed by atoms with van der Waals surface area (Å²) in [4.78, 5) is 10.9. The molecule has 20 heavy (non-hydrogen) atoms. The van der Waals surface area contributed by atoms with Gasteiger partial charge in [-0.05, 0) is 49.2 Å². The van der Waals surface area contributed by atoms with E-state index < -0.39 is 5.97 Å². The molecule has 2 aromatic carbocycles. The van der Waals surface area contributed by atoms with Crippen LogP contribution in [0.15, 0.2) is 42.5 Å². The Labute approximate surface area is 117 Å². The van der Waals surface area contributed by atoms with Crippen molar-refractivity contribution >= 4 is 11.7 Å². The van der Waals surface area contributed by atoms with E-state index >= 15 is 0 Å². The minimum absolute atomic E-state index is 0.117. The molecule has 1 atom stereocenters. The van der Waals surface area contributed by atoms with Gasteiger partial charge in [0, 0.05) is 11.7 Å². The van der Waals surface area contributed by atoms with Crippen molar-refractivity contribution in [2.75, 3.05) is 5.32 Å². The van der Waals surface area contributed by atoms with Gasteiger partial charge in [-0.15, -0.1) is 0 Å². The number of anilines is 1. The highest BCUT2D eigenvalue weighted by Crippen LogP contribution is 2.21. The number of benzene rings is 2. The van der Waals surface area contributed by atoms with Crippen LogP contribution in [0.2, 0.25) is 0 Å². The Morgan fingerprint density at radius 3 is 2.65 bits per heavy atom. The van der Waals surface area contributed by atoms with E-state index in [-0.39, 0.29) is 17.4 Å². The molecule has 0 aromatic heterocycles. The summed E-state index contributed by atoms with van der Waals surface area (Å²) < 4.78 is 13.5. The van der Waals surface area contributed by atoms with E-state index in [1.54, 1.807) is 31.2 Å². The number of rotatable bonds is 4. The Morgan fingerprint density at radius 1 is 1.25 bits per heavy atom. The molecule has 0 radical (unpaired) electrons. The van der Waals surface area contributed by atoms with Crippen molar-refractivity contribution in [1.82, 2.24) is 0 Å². The van der Waals surface area contributed by atoms with E-state index in [2.05, 4.69) is 5.32 Å². The fraction of sp³-hybridized carbons (Fsp3) is 0.188. The highest BCUT2D eigenvalue weighted by molar-refractivity contribution is 5.88. The van der Waals surface area contributed by atoms with Gasteiger partial charge >= 0.3 is 5.97 Å². The van der Waals surface area contributed by atoms with Crippen LogP contribution in [0, 0.1) is 12.7 Å². The smallest absolute Gasteiger partial charge is 0.335 e. The lowest BCUT2D eigenvalue weighted by Crippen LogP contribution is -2.08. The average Bonchev–Trinajstić information content (AvgIpc) is 2.42. The van der Waals surface area contributed by atoms with Gasteiger partial charge in [-0.3, -0.25) is 0 Å². The molecular weight excluding hydrogens is 257 g/mol. The highest BCUT2D eigenvalue weighted by atomic mass is 19.1. The Hall–Kier alpha value is -2.36. The highest BCUT2D eigenvalue weighted by Gasteiger charge is 2.09. The summed E-state index contributed by atoms with van der Waals surface area (Å²) in [5.41, 5.74) is 2.33. The molecule has 2 N–H and O–H groups in total. The Bertz CT molecular complexity index is 640. The first-order chi connectivity index (χ1) is 9.47. The molecule has 0 saturated carbocycles. The molecule has 0 aliphatic carbocycles. The molecule has 2 rings (SSSR count). The number of aryl methyl sites for hydroxylation is 1. The number of carbonyl (C=O) groups is 1. The maximum atomic E-state index is 13.5. The second-order valence-electron chi connectivity index (χ2n) is 4.76. The first-order valence-corrected chi connectivity index (χ1v) is 6.33. The number of hydrogen-bond acceptors (Lipinski definition) is 2. The monoisotopic (exact) mass is 273 g/mol. The van der Waals surface area contributed by atoms with Crippen LogP contribution in [0.1, 0.15) is 34.5 Å². The van der Waals surface area contributed by atoms with Crippen molar-refractivity contribution in [2.24, 2.45) is 0 Å². The molecule has 104 valence electrons. The largest absolute Gasteiger partial charge is 0.478 e. The van der Waals surface area contributed by atoms with Crippen LogP contribution >= 0.6 is 0 Å². The molecule has 0 aliphatic heterocycles. The zero-order valence-corrected chi connectivity index (χ0v) is 11.4. The SMILES string of the molecule is Cc1ccc(C(C)Nc2cccc(C(=O)O)c2)cc1F.